The van der Waals surface area contributed by atoms with Crippen molar-refractivity contribution in [2.45, 2.75) is 29.6 Å². The molecule has 6 heteroatoms. The van der Waals surface area contributed by atoms with Crippen LogP contribution in [0.5, 0.6) is 0 Å². The Kier molecular flexibility index (Phi) is 8.01. The maximum Gasteiger partial charge on any atom is 0.306 e. The van der Waals surface area contributed by atoms with E-state index < -0.39 is 5.97 Å². The molecular formula is C25H23NO4S. The number of esters is 1. The minimum absolute atomic E-state index is 0.0156. The fourth-order valence-corrected chi connectivity index (χ4v) is 3.53. The zero-order valence-corrected chi connectivity index (χ0v) is 18.0. The van der Waals surface area contributed by atoms with E-state index in [1.165, 1.54) is 5.56 Å². The number of anilines is 1. The molecule has 3 rings (SSSR count). The minimum atomic E-state index is -0.579. The number of Topliss-reactive ketones (excluding diaryl/α,β-unsaturated/α-hetero) is 1. The number of carbonyl (C=O) groups excluding carboxylic acids is 3. The first-order valence-electron chi connectivity index (χ1n) is 9.88. The van der Waals surface area contributed by atoms with E-state index in [1.807, 2.05) is 24.3 Å². The summed E-state index contributed by atoms with van der Waals surface area (Å²) in [6.07, 6.45) is -0.104. The van der Waals surface area contributed by atoms with Crippen LogP contribution in [0.2, 0.25) is 0 Å². The molecule has 0 atom stereocenters. The largest absolute Gasteiger partial charge is 0.457 e. The van der Waals surface area contributed by atoms with Gasteiger partial charge in [0.25, 0.3) is 0 Å². The zero-order chi connectivity index (χ0) is 22.1. The number of hydrogen-bond acceptors (Lipinski definition) is 5. The Morgan fingerprint density at radius 1 is 0.806 bits per heavy atom. The predicted molar refractivity (Wildman–Crippen MR) is 121 cm³/mol. The topological polar surface area (TPSA) is 72.5 Å². The maximum atomic E-state index is 12.1. The smallest absolute Gasteiger partial charge is 0.306 e. The van der Waals surface area contributed by atoms with Crippen molar-refractivity contribution in [3.8, 4) is 0 Å². The Morgan fingerprint density at radius 2 is 1.42 bits per heavy atom. The molecular weight excluding hydrogens is 410 g/mol. The molecule has 0 aliphatic carbocycles. The summed E-state index contributed by atoms with van der Waals surface area (Å²) < 4.78 is 4.97. The van der Waals surface area contributed by atoms with Gasteiger partial charge >= 0.3 is 5.97 Å². The van der Waals surface area contributed by atoms with Crippen LogP contribution in [0.4, 0.5) is 5.69 Å². The second kappa shape index (κ2) is 11.1. The SMILES string of the molecule is Cc1ccc(Sc2ccc(NC(=O)CCC(=O)OCC(=O)c3ccccc3)cc2)cc1. The number of carbonyl (C=O) groups is 3. The van der Waals surface area contributed by atoms with E-state index >= 15 is 0 Å². The first-order valence-corrected chi connectivity index (χ1v) is 10.7. The maximum absolute atomic E-state index is 12.1. The van der Waals surface area contributed by atoms with Crippen LogP contribution in [0.3, 0.4) is 0 Å². The van der Waals surface area contributed by atoms with E-state index in [0.29, 0.717) is 11.3 Å². The molecule has 5 nitrogen and oxygen atoms in total. The Labute approximate surface area is 185 Å². The molecule has 0 heterocycles. The molecule has 0 fully saturated rings. The average Bonchev–Trinajstić information content (AvgIpc) is 2.79. The standard InChI is InChI=1S/C25H23NO4S/c1-18-7-11-21(12-8-18)31-22-13-9-20(10-14-22)26-24(28)15-16-25(29)30-17-23(27)19-5-3-2-4-6-19/h2-14H,15-17H2,1H3,(H,26,28). The van der Waals surface area contributed by atoms with Gasteiger partial charge in [-0.15, -0.1) is 0 Å². The van der Waals surface area contributed by atoms with E-state index in [2.05, 4.69) is 36.5 Å². The van der Waals surface area contributed by atoms with E-state index in [9.17, 15) is 14.4 Å². The number of nitrogens with one attached hydrogen (secondary N) is 1. The lowest BCUT2D eigenvalue weighted by Gasteiger charge is -2.07. The minimum Gasteiger partial charge on any atom is -0.457 e. The zero-order valence-electron chi connectivity index (χ0n) is 17.2. The molecule has 1 N–H and O–H groups in total. The van der Waals surface area contributed by atoms with Gasteiger partial charge in [-0.25, -0.2) is 0 Å². The van der Waals surface area contributed by atoms with E-state index in [1.54, 1.807) is 42.1 Å². The molecule has 0 aliphatic heterocycles. The van der Waals surface area contributed by atoms with Crippen molar-refractivity contribution in [2.75, 3.05) is 11.9 Å². The lowest BCUT2D eigenvalue weighted by molar-refractivity contribution is -0.143. The van der Waals surface area contributed by atoms with Gasteiger partial charge in [-0.1, -0.05) is 59.8 Å². The molecule has 0 bridgehead atoms. The summed E-state index contributed by atoms with van der Waals surface area (Å²) in [6.45, 7) is 1.72. The third-order valence-electron chi connectivity index (χ3n) is 4.41. The van der Waals surface area contributed by atoms with Crippen LogP contribution in [0.25, 0.3) is 0 Å². The van der Waals surface area contributed by atoms with Crippen LogP contribution in [-0.2, 0) is 14.3 Å². The van der Waals surface area contributed by atoms with Crippen molar-refractivity contribution in [1.29, 1.82) is 0 Å². The number of rotatable bonds is 9. The van der Waals surface area contributed by atoms with Gasteiger partial charge in [0.1, 0.15) is 0 Å². The van der Waals surface area contributed by atoms with Gasteiger partial charge in [0.05, 0.1) is 6.42 Å². The molecule has 0 spiro atoms. The normalized spacial score (nSPS) is 10.4. The number of benzene rings is 3. The molecule has 0 saturated heterocycles. The predicted octanol–water partition coefficient (Wildman–Crippen LogP) is 5.29. The molecule has 3 aromatic rings. The fraction of sp³-hybridized carbons (Fsp3) is 0.160. The van der Waals surface area contributed by atoms with E-state index in [-0.39, 0.29) is 31.1 Å². The molecule has 158 valence electrons. The van der Waals surface area contributed by atoms with Crippen molar-refractivity contribution in [1.82, 2.24) is 0 Å². The van der Waals surface area contributed by atoms with E-state index in [0.717, 1.165) is 9.79 Å². The quantitative estimate of drug-likeness (QED) is 0.367. The van der Waals surface area contributed by atoms with Crippen LogP contribution < -0.4 is 5.32 Å². The monoisotopic (exact) mass is 433 g/mol. The highest BCUT2D eigenvalue weighted by Gasteiger charge is 2.12. The van der Waals surface area contributed by atoms with Crippen LogP contribution in [0.1, 0.15) is 28.8 Å². The Balaban J connectivity index is 1.39. The number of amides is 1. The fourth-order valence-electron chi connectivity index (χ4n) is 2.71. The highest BCUT2D eigenvalue weighted by atomic mass is 32.2. The first kappa shape index (κ1) is 22.3. The molecule has 0 aliphatic rings. The molecule has 1 amide bonds. The highest BCUT2D eigenvalue weighted by Crippen LogP contribution is 2.28. The van der Waals surface area contributed by atoms with Gasteiger partial charge in [0.15, 0.2) is 12.4 Å². The summed E-state index contributed by atoms with van der Waals surface area (Å²) in [5.41, 5.74) is 2.36. The van der Waals surface area contributed by atoms with Gasteiger partial charge in [-0.2, -0.15) is 0 Å². The van der Waals surface area contributed by atoms with Crippen molar-refractivity contribution >= 4 is 35.1 Å². The van der Waals surface area contributed by atoms with Crippen molar-refractivity contribution < 1.29 is 19.1 Å². The lowest BCUT2D eigenvalue weighted by atomic mass is 10.1. The van der Waals surface area contributed by atoms with Gasteiger partial charge < -0.3 is 10.1 Å². The summed E-state index contributed by atoms with van der Waals surface area (Å²) >= 11 is 1.64. The Morgan fingerprint density at radius 3 is 2.06 bits per heavy atom. The van der Waals surface area contributed by atoms with Crippen molar-refractivity contribution in [2.24, 2.45) is 0 Å². The summed E-state index contributed by atoms with van der Waals surface area (Å²) in [5.74, 6) is -1.14. The Hall–Kier alpha value is -3.38. The third kappa shape index (κ3) is 7.42. The first-order chi connectivity index (χ1) is 15.0. The van der Waals surface area contributed by atoms with Crippen LogP contribution in [0.15, 0.2) is 88.7 Å². The molecule has 31 heavy (non-hydrogen) atoms. The molecule has 3 aromatic carbocycles. The van der Waals surface area contributed by atoms with Gasteiger partial charge in [-0.05, 0) is 43.3 Å². The van der Waals surface area contributed by atoms with Crippen molar-refractivity contribution in [3.63, 3.8) is 0 Å². The molecule has 0 unspecified atom stereocenters. The summed E-state index contributed by atoms with van der Waals surface area (Å²) in [4.78, 5) is 38.0. The van der Waals surface area contributed by atoms with Crippen LogP contribution in [-0.4, -0.2) is 24.3 Å². The molecule has 0 saturated carbocycles. The summed E-state index contributed by atoms with van der Waals surface area (Å²) in [7, 11) is 0. The Bertz CT molecular complexity index is 1030. The van der Waals surface area contributed by atoms with Gasteiger partial charge in [0.2, 0.25) is 5.91 Å². The number of ketones is 1. The van der Waals surface area contributed by atoms with Gasteiger partial charge in [0, 0.05) is 27.5 Å². The van der Waals surface area contributed by atoms with Crippen LogP contribution >= 0.6 is 11.8 Å². The number of hydrogen-bond donors (Lipinski definition) is 1. The van der Waals surface area contributed by atoms with Crippen LogP contribution in [0, 0.1) is 6.92 Å². The third-order valence-corrected chi connectivity index (χ3v) is 5.43. The summed E-state index contributed by atoms with van der Waals surface area (Å²) in [6, 6.07) is 24.4. The van der Waals surface area contributed by atoms with Gasteiger partial charge in [-0.3, -0.25) is 14.4 Å². The molecule has 0 aromatic heterocycles. The average molecular weight is 434 g/mol. The lowest BCUT2D eigenvalue weighted by Crippen LogP contribution is -2.17. The van der Waals surface area contributed by atoms with E-state index in [4.69, 9.17) is 4.74 Å². The number of aryl methyl sites for hydroxylation is 1. The highest BCUT2D eigenvalue weighted by molar-refractivity contribution is 7.99. The number of ether oxygens (including phenoxy) is 1. The summed E-state index contributed by atoms with van der Waals surface area (Å²) in [5, 5.41) is 2.76. The molecule has 0 radical (unpaired) electrons. The second-order valence-electron chi connectivity index (χ2n) is 6.94. The van der Waals surface area contributed by atoms with Crippen molar-refractivity contribution in [3.05, 3.63) is 90.0 Å². The second-order valence-corrected chi connectivity index (χ2v) is 8.08.